The van der Waals surface area contributed by atoms with Gasteiger partial charge in [-0.1, -0.05) is 158 Å². The molecule has 0 aliphatic rings. The fraction of sp³-hybridized carbons (Fsp3) is 0. The summed E-state index contributed by atoms with van der Waals surface area (Å²) in [5, 5.41) is 19.8. The maximum Gasteiger partial charge on any atom is 0.167 e. The van der Waals surface area contributed by atoms with Crippen LogP contribution in [0.25, 0.3) is 144 Å². The zero-order valence-electron chi connectivity index (χ0n) is 38.3. The average molecular weight is 921 g/mol. The molecule has 8 nitrogen and oxygen atoms in total. The highest BCUT2D eigenvalue weighted by atomic mass is 16.3. The number of furan rings is 2. The molecule has 0 aliphatic heterocycles. The van der Waals surface area contributed by atoms with Gasteiger partial charge in [0.25, 0.3) is 0 Å². The first-order valence-corrected chi connectivity index (χ1v) is 23.9. The molecule has 15 rings (SSSR count). The third kappa shape index (κ3) is 5.82. The van der Waals surface area contributed by atoms with Crippen molar-refractivity contribution < 1.29 is 8.83 Å². The summed E-state index contributed by atoms with van der Waals surface area (Å²) in [6, 6.07) is 77.4. The van der Waals surface area contributed by atoms with Gasteiger partial charge in [0.1, 0.15) is 28.4 Å². The molecule has 0 saturated heterocycles. The van der Waals surface area contributed by atoms with Crippen molar-refractivity contribution in [3.63, 3.8) is 0 Å². The molecule has 10 aromatic carbocycles. The minimum Gasteiger partial charge on any atom is -0.456 e. The normalized spacial score (nSPS) is 11.9. The molecular weight excluding hydrogens is 885 g/mol. The van der Waals surface area contributed by atoms with Crippen molar-refractivity contribution >= 4 is 87.5 Å². The largest absolute Gasteiger partial charge is 0.456 e. The average Bonchev–Trinajstić information content (AvgIpc) is 4.21. The van der Waals surface area contributed by atoms with E-state index in [-0.39, 0.29) is 0 Å². The SMILES string of the molecule is N#Cc1cc(-c2nc(-c3ccccc3)nc(-c3ccccc3)n2)c2oc3ccccc3c2c1-n1c2ccccc2c2c1c(-c1ccc3oc4ccccc4c3c1)cc1c3ccccc3n(-c3ccccc3)c12. The second-order valence-corrected chi connectivity index (χ2v) is 18.2. The summed E-state index contributed by atoms with van der Waals surface area (Å²) in [4.78, 5) is 15.3. The number of nitrogens with zero attached hydrogens (tertiary/aromatic N) is 6. The van der Waals surface area contributed by atoms with E-state index in [1.54, 1.807) is 0 Å². The lowest BCUT2D eigenvalue weighted by atomic mass is 9.96. The Morgan fingerprint density at radius 3 is 1.62 bits per heavy atom. The van der Waals surface area contributed by atoms with Crippen molar-refractivity contribution in [2.45, 2.75) is 0 Å². The van der Waals surface area contributed by atoms with Crippen molar-refractivity contribution in [1.82, 2.24) is 24.1 Å². The number of rotatable bonds is 6. The van der Waals surface area contributed by atoms with E-state index in [0.29, 0.717) is 45.5 Å². The molecule has 0 bridgehead atoms. The number of para-hydroxylation sites is 5. The van der Waals surface area contributed by atoms with Crippen LogP contribution in [-0.2, 0) is 0 Å². The van der Waals surface area contributed by atoms with E-state index >= 15 is 0 Å². The van der Waals surface area contributed by atoms with Crippen molar-refractivity contribution in [3.8, 4) is 62.7 Å². The third-order valence-electron chi connectivity index (χ3n) is 14.2. The molecule has 15 aromatic rings. The Bertz CT molecular complexity index is 4690. The minimum absolute atomic E-state index is 0.396. The fourth-order valence-electron chi connectivity index (χ4n) is 11.1. The minimum atomic E-state index is 0.396. The Balaban J connectivity index is 1.13. The molecule has 72 heavy (non-hydrogen) atoms. The molecule has 0 saturated carbocycles. The first-order valence-electron chi connectivity index (χ1n) is 23.9. The summed E-state index contributed by atoms with van der Waals surface area (Å²) in [5.74, 6) is 1.42. The van der Waals surface area contributed by atoms with Gasteiger partial charge in [0.15, 0.2) is 17.5 Å². The van der Waals surface area contributed by atoms with Gasteiger partial charge in [-0.2, -0.15) is 5.26 Å². The van der Waals surface area contributed by atoms with Crippen LogP contribution in [0.5, 0.6) is 0 Å². The lowest BCUT2D eigenvalue weighted by Crippen LogP contribution is -2.03. The Hall–Kier alpha value is -10.1. The number of fused-ring (bicyclic) bond motifs is 13. The van der Waals surface area contributed by atoms with E-state index < -0.39 is 0 Å². The molecule has 0 fully saturated rings. The summed E-state index contributed by atoms with van der Waals surface area (Å²) in [6.45, 7) is 0. The first-order chi connectivity index (χ1) is 35.7. The van der Waals surface area contributed by atoms with Gasteiger partial charge < -0.3 is 18.0 Å². The maximum atomic E-state index is 11.7. The molecule has 5 heterocycles. The van der Waals surface area contributed by atoms with Crippen LogP contribution < -0.4 is 0 Å². The van der Waals surface area contributed by atoms with Gasteiger partial charge in [-0.3, -0.25) is 0 Å². The maximum absolute atomic E-state index is 11.7. The third-order valence-corrected chi connectivity index (χ3v) is 14.2. The molecule has 0 aliphatic carbocycles. The Morgan fingerprint density at radius 1 is 0.375 bits per heavy atom. The van der Waals surface area contributed by atoms with E-state index in [1.807, 2.05) is 97.1 Å². The highest BCUT2D eigenvalue weighted by Crippen LogP contribution is 2.50. The highest BCUT2D eigenvalue weighted by Gasteiger charge is 2.30. The van der Waals surface area contributed by atoms with E-state index in [1.165, 1.54) is 0 Å². The molecular formula is C64H36N6O2. The van der Waals surface area contributed by atoms with Gasteiger partial charge in [-0.05, 0) is 66.2 Å². The monoisotopic (exact) mass is 920 g/mol. The van der Waals surface area contributed by atoms with E-state index in [9.17, 15) is 5.26 Å². The standard InChI is InChI=1S/C64H36N6O2/c65-37-41-35-50(64-67-62(38-18-4-1-5-19-38)66-63(68-64)39-20-6-2-7-21-39)61-57(46-27-13-17-31-54(46)72-61)58(41)70-52-29-15-11-26-45(52)56-59(70)47(40-32-33-55-48(34-40)44-25-12-16-30-53(44)71-55)36-49-43-24-10-14-28-51(43)69(60(49)56)42-22-8-3-9-23-42/h1-36H. The van der Waals surface area contributed by atoms with Crippen LogP contribution >= 0.6 is 0 Å². The highest BCUT2D eigenvalue weighted by molar-refractivity contribution is 6.30. The molecule has 0 amide bonds. The zero-order chi connectivity index (χ0) is 47.4. The predicted molar refractivity (Wildman–Crippen MR) is 290 cm³/mol. The quantitative estimate of drug-likeness (QED) is 0.165. The summed E-state index contributed by atoms with van der Waals surface area (Å²) >= 11 is 0. The number of nitriles is 1. The van der Waals surface area contributed by atoms with Gasteiger partial charge in [-0.25, -0.2) is 15.0 Å². The Labute approximate surface area is 410 Å². The summed E-state index contributed by atoms with van der Waals surface area (Å²) in [5.41, 5.74) is 13.4. The van der Waals surface area contributed by atoms with Crippen LogP contribution in [0.1, 0.15) is 5.56 Å². The molecule has 0 radical (unpaired) electrons. The van der Waals surface area contributed by atoms with Gasteiger partial charge >= 0.3 is 0 Å². The summed E-state index contributed by atoms with van der Waals surface area (Å²) in [7, 11) is 0. The number of hydrogen-bond donors (Lipinski definition) is 0. The van der Waals surface area contributed by atoms with Gasteiger partial charge in [0, 0.05) is 60.1 Å². The Morgan fingerprint density at radius 2 is 0.931 bits per heavy atom. The van der Waals surface area contributed by atoms with Crippen molar-refractivity contribution in [1.29, 1.82) is 5.26 Å². The number of benzene rings is 10. The fourth-order valence-corrected chi connectivity index (χ4v) is 11.1. The second-order valence-electron chi connectivity index (χ2n) is 18.2. The van der Waals surface area contributed by atoms with Crippen LogP contribution in [-0.4, -0.2) is 24.1 Å². The van der Waals surface area contributed by atoms with E-state index in [4.69, 9.17) is 23.8 Å². The van der Waals surface area contributed by atoms with Crippen LogP contribution in [0.3, 0.4) is 0 Å². The smallest absolute Gasteiger partial charge is 0.167 e. The summed E-state index contributed by atoms with van der Waals surface area (Å²) < 4.78 is 18.2. The molecule has 0 spiro atoms. The lowest BCUT2D eigenvalue weighted by molar-refractivity contribution is 0.668. The molecule has 8 heteroatoms. The molecule has 0 unspecified atom stereocenters. The van der Waals surface area contributed by atoms with Crippen molar-refractivity contribution in [3.05, 3.63) is 224 Å². The first kappa shape index (κ1) is 39.9. The number of hydrogen-bond acceptors (Lipinski definition) is 6. The zero-order valence-corrected chi connectivity index (χ0v) is 38.3. The van der Waals surface area contributed by atoms with E-state index in [2.05, 4.69) is 137 Å². The van der Waals surface area contributed by atoms with Crippen LogP contribution in [0.4, 0.5) is 0 Å². The summed E-state index contributed by atoms with van der Waals surface area (Å²) in [6.07, 6.45) is 0. The topological polar surface area (TPSA) is 98.6 Å². The molecule has 0 N–H and O–H groups in total. The lowest BCUT2D eigenvalue weighted by Gasteiger charge is -2.17. The van der Waals surface area contributed by atoms with E-state index in [0.717, 1.165) is 104 Å². The van der Waals surface area contributed by atoms with Gasteiger partial charge in [0.05, 0.1) is 44.3 Å². The molecule has 334 valence electrons. The van der Waals surface area contributed by atoms with Crippen LogP contribution in [0, 0.1) is 11.3 Å². The van der Waals surface area contributed by atoms with Crippen molar-refractivity contribution in [2.24, 2.45) is 0 Å². The van der Waals surface area contributed by atoms with Crippen molar-refractivity contribution in [2.75, 3.05) is 0 Å². The number of aromatic nitrogens is 5. The van der Waals surface area contributed by atoms with Crippen LogP contribution in [0.15, 0.2) is 227 Å². The predicted octanol–water partition coefficient (Wildman–Crippen LogP) is 16.4. The molecule has 0 atom stereocenters. The van der Waals surface area contributed by atoms with Gasteiger partial charge in [-0.15, -0.1) is 0 Å². The second kappa shape index (κ2) is 15.5. The molecule has 5 aromatic heterocycles. The van der Waals surface area contributed by atoms with Crippen LogP contribution in [0.2, 0.25) is 0 Å². The Kier molecular flexibility index (Phi) is 8.55. The van der Waals surface area contributed by atoms with Gasteiger partial charge in [0.2, 0.25) is 0 Å².